The molecule has 1 aliphatic heterocycles. The van der Waals surface area contributed by atoms with Gasteiger partial charge in [0, 0.05) is 5.69 Å². The molecule has 1 saturated carbocycles. The molecule has 30 heavy (non-hydrogen) atoms. The summed E-state index contributed by atoms with van der Waals surface area (Å²) in [7, 11) is 0. The molecule has 0 saturated heterocycles. The van der Waals surface area contributed by atoms with Crippen molar-refractivity contribution >= 4 is 11.6 Å². The van der Waals surface area contributed by atoms with Gasteiger partial charge in [0.15, 0.2) is 11.5 Å². The zero-order valence-corrected chi connectivity index (χ0v) is 16.6. The largest absolute Gasteiger partial charge is 0.454 e. The van der Waals surface area contributed by atoms with Crippen molar-refractivity contribution < 1.29 is 14.3 Å². The van der Waals surface area contributed by atoms with Gasteiger partial charge in [-0.05, 0) is 72.4 Å². The van der Waals surface area contributed by atoms with Crippen molar-refractivity contribution in [2.45, 2.75) is 25.2 Å². The summed E-state index contributed by atoms with van der Waals surface area (Å²) in [6, 6.07) is 21.3. The van der Waals surface area contributed by atoms with E-state index in [1.165, 1.54) is 0 Å². The third-order valence-electron chi connectivity index (χ3n) is 5.94. The monoisotopic (exact) mass is 396 g/mol. The van der Waals surface area contributed by atoms with Gasteiger partial charge in [0.2, 0.25) is 12.7 Å². The molecule has 0 radical (unpaired) electrons. The Morgan fingerprint density at radius 2 is 1.80 bits per heavy atom. The summed E-state index contributed by atoms with van der Waals surface area (Å²) in [5.41, 5.74) is 4.61. The van der Waals surface area contributed by atoms with E-state index in [-0.39, 0.29) is 12.7 Å². The van der Waals surface area contributed by atoms with Gasteiger partial charge >= 0.3 is 0 Å². The van der Waals surface area contributed by atoms with Gasteiger partial charge in [-0.25, -0.2) is 0 Å². The number of hydrogen-bond acceptors (Lipinski definition) is 4. The van der Waals surface area contributed by atoms with Crippen molar-refractivity contribution in [3.63, 3.8) is 0 Å². The van der Waals surface area contributed by atoms with E-state index in [2.05, 4.69) is 11.4 Å². The summed E-state index contributed by atoms with van der Waals surface area (Å²) in [6.45, 7) is 2.22. The molecule has 1 aliphatic carbocycles. The van der Waals surface area contributed by atoms with Crippen LogP contribution in [0.4, 0.5) is 5.69 Å². The fourth-order valence-electron chi connectivity index (χ4n) is 4.02. The molecule has 1 fully saturated rings. The van der Waals surface area contributed by atoms with Crippen LogP contribution in [0.1, 0.15) is 29.5 Å². The summed E-state index contributed by atoms with van der Waals surface area (Å²) in [6.07, 6.45) is 1.60. The first-order chi connectivity index (χ1) is 14.6. The summed E-state index contributed by atoms with van der Waals surface area (Å²) in [5, 5.41) is 12.5. The number of hydrogen-bond donors (Lipinski definition) is 1. The van der Waals surface area contributed by atoms with Gasteiger partial charge in [-0.3, -0.25) is 4.79 Å². The number of nitrogens with zero attached hydrogens (tertiary/aromatic N) is 1. The Morgan fingerprint density at radius 3 is 2.60 bits per heavy atom. The number of benzene rings is 3. The van der Waals surface area contributed by atoms with Crippen LogP contribution in [-0.2, 0) is 10.2 Å². The number of carbonyl (C=O) groups excluding carboxylic acids is 1. The van der Waals surface area contributed by atoms with Gasteiger partial charge in [0.25, 0.3) is 0 Å². The first-order valence-corrected chi connectivity index (χ1v) is 9.92. The molecule has 0 unspecified atom stereocenters. The molecule has 0 bridgehead atoms. The zero-order valence-electron chi connectivity index (χ0n) is 16.6. The van der Waals surface area contributed by atoms with Crippen LogP contribution in [0.25, 0.3) is 11.1 Å². The molecule has 2 aliphatic rings. The molecule has 3 aromatic rings. The molecule has 5 rings (SSSR count). The second kappa shape index (κ2) is 6.93. The third kappa shape index (κ3) is 2.98. The van der Waals surface area contributed by atoms with Crippen LogP contribution in [-0.4, -0.2) is 12.7 Å². The minimum atomic E-state index is -0.531. The number of ether oxygens (including phenoxy) is 2. The molecule has 0 aromatic heterocycles. The molecule has 1 N–H and O–H groups in total. The summed E-state index contributed by atoms with van der Waals surface area (Å²) < 4.78 is 10.9. The van der Waals surface area contributed by atoms with Gasteiger partial charge < -0.3 is 14.8 Å². The lowest BCUT2D eigenvalue weighted by Crippen LogP contribution is -2.27. The number of nitriles is 1. The lowest BCUT2D eigenvalue weighted by atomic mass is 9.93. The molecule has 1 heterocycles. The Hall–Kier alpha value is -3.78. The van der Waals surface area contributed by atoms with E-state index in [1.54, 1.807) is 6.07 Å². The van der Waals surface area contributed by atoms with E-state index < -0.39 is 5.41 Å². The van der Waals surface area contributed by atoms with Gasteiger partial charge in [-0.15, -0.1) is 0 Å². The summed E-state index contributed by atoms with van der Waals surface area (Å²) in [4.78, 5) is 13.2. The third-order valence-corrected chi connectivity index (χ3v) is 5.94. The van der Waals surface area contributed by atoms with E-state index in [9.17, 15) is 10.1 Å². The molecular weight excluding hydrogens is 376 g/mol. The number of anilines is 1. The highest BCUT2D eigenvalue weighted by molar-refractivity contribution is 6.02. The Morgan fingerprint density at radius 1 is 1.00 bits per heavy atom. The molecule has 0 spiro atoms. The van der Waals surface area contributed by atoms with E-state index in [4.69, 9.17) is 9.47 Å². The van der Waals surface area contributed by atoms with Crippen molar-refractivity contribution in [1.82, 2.24) is 0 Å². The fraction of sp³-hybridized carbons (Fsp3) is 0.200. The molecular formula is C25H20N2O3. The van der Waals surface area contributed by atoms with Crippen molar-refractivity contribution in [3.8, 4) is 28.7 Å². The van der Waals surface area contributed by atoms with Gasteiger partial charge in [-0.1, -0.05) is 30.3 Å². The highest BCUT2D eigenvalue weighted by Gasteiger charge is 2.51. The quantitative estimate of drug-likeness (QED) is 0.679. The smallest absolute Gasteiger partial charge is 0.235 e. The summed E-state index contributed by atoms with van der Waals surface area (Å²) >= 11 is 0. The van der Waals surface area contributed by atoms with E-state index in [1.807, 2.05) is 61.5 Å². The van der Waals surface area contributed by atoms with Gasteiger partial charge in [-0.2, -0.15) is 5.26 Å². The molecule has 148 valence electrons. The topological polar surface area (TPSA) is 71.3 Å². The number of aryl methyl sites for hydroxylation is 1. The second-order valence-electron chi connectivity index (χ2n) is 7.79. The maximum Gasteiger partial charge on any atom is 0.235 e. The highest BCUT2D eigenvalue weighted by Crippen LogP contribution is 2.51. The van der Waals surface area contributed by atoms with Crippen molar-refractivity contribution in [2.24, 2.45) is 0 Å². The van der Waals surface area contributed by atoms with Crippen LogP contribution in [0.15, 0.2) is 60.7 Å². The van der Waals surface area contributed by atoms with Crippen LogP contribution in [0, 0.1) is 18.3 Å². The standard InChI is InChI=1S/C25H20N2O3/c1-16-6-8-19(13-21(16)20-5-3-2-4-17(20)14-26)27-24(28)25(10-11-25)18-7-9-22-23(12-18)30-15-29-22/h2-9,12-13H,10-11,15H2,1H3,(H,27,28). The molecule has 5 heteroatoms. The lowest BCUT2D eigenvalue weighted by Gasteiger charge is -2.17. The maximum atomic E-state index is 13.2. The molecule has 0 atom stereocenters. The van der Waals surface area contributed by atoms with E-state index in [0.717, 1.165) is 40.8 Å². The van der Waals surface area contributed by atoms with Crippen molar-refractivity contribution in [3.05, 3.63) is 77.4 Å². The lowest BCUT2D eigenvalue weighted by molar-refractivity contribution is -0.118. The van der Waals surface area contributed by atoms with Crippen LogP contribution in [0.5, 0.6) is 11.5 Å². The average Bonchev–Trinajstić information content (AvgIpc) is 3.46. The maximum absolute atomic E-state index is 13.2. The van der Waals surface area contributed by atoms with E-state index >= 15 is 0 Å². The normalized spacial score (nSPS) is 15.3. The predicted octanol–water partition coefficient (Wildman–Crippen LogP) is 4.93. The van der Waals surface area contributed by atoms with Gasteiger partial charge in [0.1, 0.15) is 0 Å². The van der Waals surface area contributed by atoms with Gasteiger partial charge in [0.05, 0.1) is 17.0 Å². The predicted molar refractivity (Wildman–Crippen MR) is 113 cm³/mol. The highest BCUT2D eigenvalue weighted by atomic mass is 16.7. The Kier molecular flexibility index (Phi) is 4.22. The SMILES string of the molecule is Cc1ccc(NC(=O)C2(c3ccc4c(c3)OCO4)CC2)cc1-c1ccccc1C#N. The van der Waals surface area contributed by atoms with Crippen LogP contribution in [0.3, 0.4) is 0 Å². The average molecular weight is 396 g/mol. The number of rotatable bonds is 4. The molecule has 5 nitrogen and oxygen atoms in total. The number of amides is 1. The zero-order chi connectivity index (χ0) is 20.7. The summed E-state index contributed by atoms with van der Waals surface area (Å²) in [5.74, 6) is 1.39. The molecule has 3 aromatic carbocycles. The Bertz CT molecular complexity index is 1210. The van der Waals surface area contributed by atoms with Crippen molar-refractivity contribution in [1.29, 1.82) is 5.26 Å². The van der Waals surface area contributed by atoms with Crippen LogP contribution < -0.4 is 14.8 Å². The number of carbonyl (C=O) groups is 1. The second-order valence-corrected chi connectivity index (χ2v) is 7.79. The minimum absolute atomic E-state index is 0.0234. The molecule has 1 amide bonds. The van der Waals surface area contributed by atoms with E-state index in [0.29, 0.717) is 17.1 Å². The van der Waals surface area contributed by atoms with Crippen molar-refractivity contribution in [2.75, 3.05) is 12.1 Å². The fourth-order valence-corrected chi connectivity index (χ4v) is 4.02. The van der Waals surface area contributed by atoms with Crippen LogP contribution in [0.2, 0.25) is 0 Å². The Balaban J connectivity index is 1.44. The first kappa shape index (κ1) is 18.3. The number of nitrogens with one attached hydrogen (secondary N) is 1. The minimum Gasteiger partial charge on any atom is -0.454 e. The Labute approximate surface area is 174 Å². The first-order valence-electron chi connectivity index (χ1n) is 9.92. The van der Waals surface area contributed by atoms with Crippen LogP contribution >= 0.6 is 0 Å². The number of fused-ring (bicyclic) bond motifs is 1.